The second-order valence-corrected chi connectivity index (χ2v) is 7.48. The van der Waals surface area contributed by atoms with Crippen molar-refractivity contribution in [2.24, 2.45) is 14.1 Å². The lowest BCUT2D eigenvalue weighted by Crippen LogP contribution is -2.40. The molecule has 2 aromatic carbocycles. The summed E-state index contributed by atoms with van der Waals surface area (Å²) in [7, 11) is 4.29. The average Bonchev–Trinajstić information content (AvgIpc) is 2.65. The van der Waals surface area contributed by atoms with Crippen molar-refractivity contribution in [1.82, 2.24) is 0 Å². The Morgan fingerprint density at radius 2 is 1.48 bits per heavy atom. The Morgan fingerprint density at radius 1 is 0.741 bits per heavy atom. The molecule has 2 aromatic heterocycles. The van der Waals surface area contributed by atoms with Crippen molar-refractivity contribution < 1.29 is 9.13 Å². The van der Waals surface area contributed by atoms with Crippen LogP contribution in [0.1, 0.15) is 16.7 Å². The summed E-state index contributed by atoms with van der Waals surface area (Å²) < 4.78 is 4.54. The lowest BCUT2D eigenvalue weighted by molar-refractivity contribution is -0.684. The molecule has 0 bridgehead atoms. The third-order valence-corrected chi connectivity index (χ3v) is 5.59. The van der Waals surface area contributed by atoms with E-state index >= 15 is 0 Å². The predicted molar refractivity (Wildman–Crippen MR) is 111 cm³/mol. The van der Waals surface area contributed by atoms with Crippen LogP contribution >= 0.6 is 0 Å². The van der Waals surface area contributed by atoms with E-state index in [4.69, 9.17) is 0 Å². The summed E-state index contributed by atoms with van der Waals surface area (Å²) in [6.07, 6.45) is 2.11. The highest BCUT2D eigenvalue weighted by atomic mass is 15.0. The highest BCUT2D eigenvalue weighted by Crippen LogP contribution is 2.31. The quantitative estimate of drug-likeness (QED) is 0.459. The maximum Gasteiger partial charge on any atom is 0.285 e. The van der Waals surface area contributed by atoms with Crippen LogP contribution in [0.2, 0.25) is 0 Å². The van der Waals surface area contributed by atoms with Gasteiger partial charge in [-0.1, -0.05) is 29.8 Å². The molecule has 0 amide bonds. The molecule has 0 saturated heterocycles. The van der Waals surface area contributed by atoms with Crippen molar-refractivity contribution in [3.8, 4) is 22.6 Å². The monoisotopic (exact) mass is 354 g/mol. The molecule has 0 radical (unpaired) electrons. The number of rotatable bonds is 2. The molecule has 134 valence electrons. The Hall–Kier alpha value is -3.00. The minimum Gasteiger partial charge on any atom is -0.196 e. The minimum atomic E-state index is 1.21. The van der Waals surface area contributed by atoms with Gasteiger partial charge in [-0.15, -0.1) is 0 Å². The van der Waals surface area contributed by atoms with E-state index in [1.165, 1.54) is 50.1 Å². The molecule has 4 aromatic rings. The van der Waals surface area contributed by atoms with Crippen molar-refractivity contribution in [2.45, 2.75) is 20.8 Å². The number of pyridine rings is 2. The summed E-state index contributed by atoms with van der Waals surface area (Å²) in [5.74, 6) is 0. The molecule has 2 heteroatoms. The number of aryl methyl sites for hydroxylation is 3. The number of aromatic nitrogens is 2. The summed E-state index contributed by atoms with van der Waals surface area (Å²) >= 11 is 0. The lowest BCUT2D eigenvalue weighted by Gasteiger charge is -2.12. The Balaban J connectivity index is 2.14. The zero-order valence-electron chi connectivity index (χ0n) is 16.7. The molecule has 0 aliphatic rings. The van der Waals surface area contributed by atoms with Crippen LogP contribution in [-0.2, 0) is 14.1 Å². The van der Waals surface area contributed by atoms with E-state index in [0.717, 1.165) is 0 Å². The average molecular weight is 354 g/mol. The van der Waals surface area contributed by atoms with Gasteiger partial charge >= 0.3 is 0 Å². The fourth-order valence-corrected chi connectivity index (χ4v) is 4.03. The van der Waals surface area contributed by atoms with Crippen molar-refractivity contribution in [2.75, 3.05) is 0 Å². The normalized spacial score (nSPS) is 11.1. The number of hydrogen-bond acceptors (Lipinski definition) is 0. The Labute approximate surface area is 161 Å². The van der Waals surface area contributed by atoms with Gasteiger partial charge in [-0.3, -0.25) is 0 Å². The molecule has 4 rings (SSSR count). The van der Waals surface area contributed by atoms with Gasteiger partial charge in [0.25, 0.3) is 11.4 Å². The minimum absolute atomic E-state index is 1.21. The second-order valence-electron chi connectivity index (χ2n) is 7.48. The van der Waals surface area contributed by atoms with Crippen molar-refractivity contribution in [3.63, 3.8) is 0 Å². The molecule has 2 heterocycles. The van der Waals surface area contributed by atoms with Crippen molar-refractivity contribution in [3.05, 3.63) is 83.6 Å². The first-order chi connectivity index (χ1) is 13.0. The lowest BCUT2D eigenvalue weighted by atomic mass is 9.95. The van der Waals surface area contributed by atoms with Gasteiger partial charge in [0, 0.05) is 23.8 Å². The van der Waals surface area contributed by atoms with Gasteiger partial charge in [-0.05, 0) is 55.5 Å². The first-order valence-corrected chi connectivity index (χ1v) is 9.42. The van der Waals surface area contributed by atoms with E-state index in [9.17, 15) is 0 Å². The van der Waals surface area contributed by atoms with Gasteiger partial charge in [-0.25, -0.2) is 0 Å². The third kappa shape index (κ3) is 2.91. The van der Waals surface area contributed by atoms with E-state index in [-0.39, 0.29) is 0 Å². The van der Waals surface area contributed by atoms with Crippen LogP contribution in [0, 0.1) is 20.8 Å². The number of hydrogen-bond donors (Lipinski definition) is 0. The van der Waals surface area contributed by atoms with Crippen LogP contribution in [0.3, 0.4) is 0 Å². The van der Waals surface area contributed by atoms with Crippen molar-refractivity contribution >= 4 is 10.8 Å². The van der Waals surface area contributed by atoms with Crippen LogP contribution in [0.15, 0.2) is 66.9 Å². The largest absolute Gasteiger partial charge is 0.285 e. The first kappa shape index (κ1) is 17.4. The molecular weight excluding hydrogens is 328 g/mol. The zero-order valence-corrected chi connectivity index (χ0v) is 16.7. The maximum atomic E-state index is 2.35. The zero-order chi connectivity index (χ0) is 19.1. The second kappa shape index (κ2) is 6.62. The molecule has 0 fully saturated rings. The van der Waals surface area contributed by atoms with Gasteiger partial charge in [-0.2, -0.15) is 9.13 Å². The fourth-order valence-electron chi connectivity index (χ4n) is 4.03. The van der Waals surface area contributed by atoms with Gasteiger partial charge in [0.05, 0.1) is 5.39 Å². The molecule has 0 N–H and O–H groups in total. The van der Waals surface area contributed by atoms with Gasteiger partial charge in [0.2, 0.25) is 5.69 Å². The molecule has 0 spiro atoms. The summed E-state index contributed by atoms with van der Waals surface area (Å²) in [6.45, 7) is 6.60. The first-order valence-electron chi connectivity index (χ1n) is 9.42. The van der Waals surface area contributed by atoms with Crippen LogP contribution in [0.4, 0.5) is 0 Å². The topological polar surface area (TPSA) is 7.76 Å². The van der Waals surface area contributed by atoms with Gasteiger partial charge in [0.15, 0.2) is 6.20 Å². The van der Waals surface area contributed by atoms with Crippen molar-refractivity contribution in [1.29, 1.82) is 0 Å². The third-order valence-electron chi connectivity index (χ3n) is 5.59. The van der Waals surface area contributed by atoms with E-state index < -0.39 is 0 Å². The highest BCUT2D eigenvalue weighted by Gasteiger charge is 2.27. The van der Waals surface area contributed by atoms with E-state index in [1.807, 2.05) is 0 Å². The van der Waals surface area contributed by atoms with Gasteiger partial charge < -0.3 is 0 Å². The Kier molecular flexibility index (Phi) is 4.27. The van der Waals surface area contributed by atoms with Crippen LogP contribution in [-0.4, -0.2) is 0 Å². The van der Waals surface area contributed by atoms with Crippen LogP contribution in [0.25, 0.3) is 33.4 Å². The predicted octanol–water partition coefficient (Wildman–Crippen LogP) is 4.75. The summed E-state index contributed by atoms with van der Waals surface area (Å²) in [4.78, 5) is 0. The SMILES string of the molecule is Cc1cc(C)c(C)c(-c2cc3ccccc3c(-c3cccc[n+]3C)[n+]2C)c1. The summed E-state index contributed by atoms with van der Waals surface area (Å²) in [5, 5.41) is 2.54. The summed E-state index contributed by atoms with van der Waals surface area (Å²) in [6, 6.07) is 21.9. The Bertz CT molecular complexity index is 1170. The standard InChI is InChI=1S/C25H26N2/c1-17-14-18(2)19(3)22(15-17)24-16-20-10-6-7-11-21(20)25(27(24)5)23-12-8-9-13-26(23)4/h6-16H,1-5H3/q+2. The van der Waals surface area contributed by atoms with E-state index in [1.54, 1.807) is 0 Å². The Morgan fingerprint density at radius 3 is 2.26 bits per heavy atom. The molecule has 0 saturated carbocycles. The molecule has 0 unspecified atom stereocenters. The van der Waals surface area contributed by atoms with E-state index in [2.05, 4.69) is 111 Å². The number of nitrogens with zero attached hydrogens (tertiary/aromatic N) is 2. The molecular formula is C25H26N2+2. The summed E-state index contributed by atoms with van der Waals surface area (Å²) in [5.41, 5.74) is 8.98. The molecule has 2 nitrogen and oxygen atoms in total. The molecule has 0 aliphatic heterocycles. The van der Waals surface area contributed by atoms with Crippen LogP contribution in [0.5, 0.6) is 0 Å². The number of benzene rings is 2. The fraction of sp³-hybridized carbons (Fsp3) is 0.200. The smallest absolute Gasteiger partial charge is 0.196 e. The van der Waals surface area contributed by atoms with E-state index in [0.29, 0.717) is 0 Å². The molecule has 0 atom stereocenters. The van der Waals surface area contributed by atoms with Gasteiger partial charge in [0.1, 0.15) is 14.1 Å². The van der Waals surface area contributed by atoms with Crippen LogP contribution < -0.4 is 9.13 Å². The number of fused-ring (bicyclic) bond motifs is 1. The maximum absolute atomic E-state index is 2.35. The highest BCUT2D eigenvalue weighted by molar-refractivity contribution is 5.93. The molecule has 27 heavy (non-hydrogen) atoms. The molecule has 0 aliphatic carbocycles.